The number of nitro benzene ring substituents is 1. The van der Waals surface area contributed by atoms with Gasteiger partial charge in [-0.15, -0.1) is 0 Å². The molecule has 4 rings (SSSR count). The van der Waals surface area contributed by atoms with Crippen LogP contribution in [0.2, 0.25) is 0 Å². The number of benzene rings is 3. The summed E-state index contributed by atoms with van der Waals surface area (Å²) in [5.74, 6) is -0.0621. The molecule has 0 spiro atoms. The van der Waals surface area contributed by atoms with E-state index < -0.39 is 10.8 Å². The number of nitro groups is 1. The van der Waals surface area contributed by atoms with Gasteiger partial charge in [-0.3, -0.25) is 20.2 Å². The Balaban J connectivity index is 1.53. The minimum Gasteiger partial charge on any atom is -0.436 e. The second kappa shape index (κ2) is 8.56. The second-order valence-corrected chi connectivity index (χ2v) is 7.54. The maximum absolute atomic E-state index is 12.6. The average molecular weight is 446 g/mol. The molecule has 0 bridgehead atoms. The SMILES string of the molecule is Cc1ccc(-c2nc3ccccc3o2)cc1NC(=S)NC(=O)c1cccc([N+](=O)[O-])c1C. The topological polar surface area (TPSA) is 110 Å². The van der Waals surface area contributed by atoms with Crippen molar-refractivity contribution in [1.29, 1.82) is 0 Å². The van der Waals surface area contributed by atoms with Crippen LogP contribution < -0.4 is 10.6 Å². The van der Waals surface area contributed by atoms with Gasteiger partial charge in [-0.2, -0.15) is 0 Å². The first-order valence-electron chi connectivity index (χ1n) is 9.66. The number of amides is 1. The molecule has 0 saturated heterocycles. The van der Waals surface area contributed by atoms with Gasteiger partial charge >= 0.3 is 0 Å². The van der Waals surface area contributed by atoms with Gasteiger partial charge in [0.05, 0.1) is 4.92 Å². The number of para-hydroxylation sites is 2. The number of rotatable bonds is 4. The molecule has 0 aliphatic carbocycles. The van der Waals surface area contributed by atoms with E-state index in [1.54, 1.807) is 0 Å². The van der Waals surface area contributed by atoms with E-state index in [0.717, 1.165) is 16.6 Å². The van der Waals surface area contributed by atoms with Gasteiger partial charge in [-0.1, -0.05) is 24.3 Å². The number of thiocarbonyl (C=S) groups is 1. The third-order valence-corrected chi connectivity index (χ3v) is 5.20. The Bertz CT molecular complexity index is 1350. The number of carbonyl (C=O) groups excluding carboxylic acids is 1. The normalized spacial score (nSPS) is 10.7. The van der Waals surface area contributed by atoms with Gasteiger partial charge in [0.25, 0.3) is 11.6 Å². The van der Waals surface area contributed by atoms with Crippen LogP contribution >= 0.6 is 12.2 Å². The lowest BCUT2D eigenvalue weighted by molar-refractivity contribution is -0.385. The molecule has 0 atom stereocenters. The molecule has 1 heterocycles. The highest BCUT2D eigenvalue weighted by Gasteiger charge is 2.19. The molecule has 2 N–H and O–H groups in total. The van der Waals surface area contributed by atoms with E-state index in [-0.39, 0.29) is 21.9 Å². The molecule has 0 saturated carbocycles. The highest BCUT2D eigenvalue weighted by molar-refractivity contribution is 7.80. The Hall–Kier alpha value is -4.11. The summed E-state index contributed by atoms with van der Waals surface area (Å²) in [6, 6.07) is 17.4. The third kappa shape index (κ3) is 4.19. The van der Waals surface area contributed by atoms with Gasteiger partial charge in [0, 0.05) is 28.4 Å². The molecule has 1 amide bonds. The van der Waals surface area contributed by atoms with E-state index in [1.807, 2.05) is 49.4 Å². The molecule has 32 heavy (non-hydrogen) atoms. The lowest BCUT2D eigenvalue weighted by Crippen LogP contribution is -2.34. The van der Waals surface area contributed by atoms with E-state index in [0.29, 0.717) is 17.2 Å². The zero-order valence-corrected chi connectivity index (χ0v) is 18.0. The predicted molar refractivity (Wildman–Crippen MR) is 126 cm³/mol. The number of aromatic nitrogens is 1. The van der Waals surface area contributed by atoms with Crippen molar-refractivity contribution < 1.29 is 14.1 Å². The van der Waals surface area contributed by atoms with Crippen LogP contribution in [-0.4, -0.2) is 20.9 Å². The smallest absolute Gasteiger partial charge is 0.273 e. The van der Waals surface area contributed by atoms with Crippen molar-refractivity contribution >= 4 is 45.7 Å². The summed E-state index contributed by atoms with van der Waals surface area (Å²) < 4.78 is 5.82. The number of anilines is 1. The van der Waals surface area contributed by atoms with Gasteiger partial charge in [0.15, 0.2) is 10.7 Å². The van der Waals surface area contributed by atoms with Gasteiger partial charge in [0.2, 0.25) is 5.89 Å². The van der Waals surface area contributed by atoms with Crippen LogP contribution in [0.5, 0.6) is 0 Å². The van der Waals surface area contributed by atoms with Crippen LogP contribution in [0.4, 0.5) is 11.4 Å². The highest BCUT2D eigenvalue weighted by atomic mass is 32.1. The summed E-state index contributed by atoms with van der Waals surface area (Å²) >= 11 is 5.30. The summed E-state index contributed by atoms with van der Waals surface area (Å²) in [6.45, 7) is 3.42. The summed E-state index contributed by atoms with van der Waals surface area (Å²) in [6.07, 6.45) is 0. The van der Waals surface area contributed by atoms with Crippen molar-refractivity contribution in [2.24, 2.45) is 0 Å². The summed E-state index contributed by atoms with van der Waals surface area (Å²) in [5, 5.41) is 16.8. The van der Waals surface area contributed by atoms with Crippen LogP contribution in [0.25, 0.3) is 22.6 Å². The zero-order valence-electron chi connectivity index (χ0n) is 17.2. The zero-order chi connectivity index (χ0) is 22.8. The van der Waals surface area contributed by atoms with Gasteiger partial charge in [0.1, 0.15) is 5.52 Å². The van der Waals surface area contributed by atoms with Gasteiger partial charge in [-0.05, 0) is 62.0 Å². The van der Waals surface area contributed by atoms with E-state index in [9.17, 15) is 14.9 Å². The Morgan fingerprint density at radius 1 is 1.09 bits per heavy atom. The molecule has 0 aliphatic rings. The maximum atomic E-state index is 12.6. The second-order valence-electron chi connectivity index (χ2n) is 7.13. The average Bonchev–Trinajstić information content (AvgIpc) is 3.19. The van der Waals surface area contributed by atoms with Crippen molar-refractivity contribution in [2.45, 2.75) is 13.8 Å². The molecule has 3 aromatic carbocycles. The number of hydrogen-bond donors (Lipinski definition) is 2. The summed E-state index contributed by atoms with van der Waals surface area (Å²) in [4.78, 5) is 27.7. The van der Waals surface area contributed by atoms with E-state index in [2.05, 4.69) is 15.6 Å². The fraction of sp³-hybridized carbons (Fsp3) is 0.0870. The molecular weight excluding hydrogens is 428 g/mol. The Kier molecular flexibility index (Phi) is 5.65. The number of oxazole rings is 1. The summed E-state index contributed by atoms with van der Waals surface area (Å²) in [5.41, 5.74) is 4.09. The molecule has 0 fully saturated rings. The first-order chi connectivity index (χ1) is 15.3. The highest BCUT2D eigenvalue weighted by Crippen LogP contribution is 2.28. The van der Waals surface area contributed by atoms with Crippen molar-refractivity contribution in [1.82, 2.24) is 10.3 Å². The van der Waals surface area contributed by atoms with Crippen LogP contribution in [0.1, 0.15) is 21.5 Å². The van der Waals surface area contributed by atoms with Gasteiger partial charge < -0.3 is 9.73 Å². The van der Waals surface area contributed by atoms with Crippen molar-refractivity contribution in [3.63, 3.8) is 0 Å². The first-order valence-corrected chi connectivity index (χ1v) is 10.1. The van der Waals surface area contributed by atoms with Crippen LogP contribution in [0.15, 0.2) is 65.1 Å². The molecule has 1 aromatic heterocycles. The molecule has 160 valence electrons. The molecule has 0 unspecified atom stereocenters. The Morgan fingerprint density at radius 2 is 1.88 bits per heavy atom. The van der Waals surface area contributed by atoms with Crippen LogP contribution in [0.3, 0.4) is 0 Å². The van der Waals surface area contributed by atoms with Crippen LogP contribution in [0, 0.1) is 24.0 Å². The van der Waals surface area contributed by atoms with Crippen molar-refractivity contribution in [3.8, 4) is 11.5 Å². The van der Waals surface area contributed by atoms with E-state index in [4.69, 9.17) is 16.6 Å². The Morgan fingerprint density at radius 3 is 2.62 bits per heavy atom. The summed E-state index contributed by atoms with van der Waals surface area (Å²) in [7, 11) is 0. The minimum atomic E-state index is -0.531. The fourth-order valence-electron chi connectivity index (χ4n) is 3.28. The minimum absolute atomic E-state index is 0.0683. The fourth-order valence-corrected chi connectivity index (χ4v) is 3.48. The molecule has 8 nitrogen and oxygen atoms in total. The third-order valence-electron chi connectivity index (χ3n) is 5.00. The predicted octanol–water partition coefficient (Wildman–Crippen LogP) is 5.15. The first kappa shape index (κ1) is 21.1. The number of nitrogens with zero attached hydrogens (tertiary/aromatic N) is 2. The quantitative estimate of drug-likeness (QED) is 0.253. The molecule has 4 aromatic rings. The number of aryl methyl sites for hydroxylation is 1. The number of fused-ring (bicyclic) bond motifs is 1. The number of nitrogens with one attached hydrogen (secondary N) is 2. The molecule has 0 aliphatic heterocycles. The van der Waals surface area contributed by atoms with Crippen molar-refractivity contribution in [3.05, 3.63) is 87.5 Å². The Labute approximate surface area is 188 Å². The lowest BCUT2D eigenvalue weighted by Gasteiger charge is -2.13. The van der Waals surface area contributed by atoms with E-state index >= 15 is 0 Å². The largest absolute Gasteiger partial charge is 0.436 e. The van der Waals surface area contributed by atoms with E-state index in [1.165, 1.54) is 25.1 Å². The maximum Gasteiger partial charge on any atom is 0.273 e. The van der Waals surface area contributed by atoms with Crippen LogP contribution in [-0.2, 0) is 0 Å². The standard InChI is InChI=1S/C23H18N4O4S/c1-13-10-11-15(22-24-17-7-3-4-9-20(17)31-22)12-18(13)25-23(32)26-21(28)16-6-5-8-19(14(16)2)27(29)30/h3-12H,1-2H3,(H2,25,26,28,32). The monoisotopic (exact) mass is 446 g/mol. The molecule has 0 radical (unpaired) electrons. The molecule has 9 heteroatoms. The lowest BCUT2D eigenvalue weighted by atomic mass is 10.1. The number of carbonyl (C=O) groups is 1. The van der Waals surface area contributed by atoms with Gasteiger partial charge in [-0.25, -0.2) is 4.98 Å². The number of hydrogen-bond acceptors (Lipinski definition) is 6. The molecular formula is C23H18N4O4S. The van der Waals surface area contributed by atoms with Crippen molar-refractivity contribution in [2.75, 3.05) is 5.32 Å².